The number of benzene rings is 1. The van der Waals surface area contributed by atoms with Crippen LogP contribution in [0.15, 0.2) is 36.7 Å². The van der Waals surface area contributed by atoms with Crippen molar-refractivity contribution in [3.05, 3.63) is 47.8 Å². The molecule has 0 amide bonds. The fraction of sp³-hybridized carbons (Fsp3) is 0.438. The summed E-state index contributed by atoms with van der Waals surface area (Å²) < 4.78 is 1.85. The van der Waals surface area contributed by atoms with Gasteiger partial charge in [0.15, 0.2) is 0 Å². The van der Waals surface area contributed by atoms with Gasteiger partial charge in [-0.3, -0.25) is 4.68 Å². The summed E-state index contributed by atoms with van der Waals surface area (Å²) in [5.74, 6) is 0. The minimum Gasteiger partial charge on any atom is -0.363 e. The largest absolute Gasteiger partial charge is 0.363 e. The average molecular weight is 270 g/mol. The van der Waals surface area contributed by atoms with E-state index in [1.54, 1.807) is 0 Å². The van der Waals surface area contributed by atoms with Gasteiger partial charge in [-0.05, 0) is 31.4 Å². The Kier molecular flexibility index (Phi) is 3.49. The third-order valence-corrected chi connectivity index (χ3v) is 4.05. The molecule has 0 aliphatic carbocycles. The van der Waals surface area contributed by atoms with Gasteiger partial charge in [0, 0.05) is 37.1 Å². The van der Waals surface area contributed by atoms with Crippen LogP contribution in [0.5, 0.6) is 0 Å². The lowest BCUT2D eigenvalue weighted by atomic mass is 9.95. The molecule has 0 radical (unpaired) electrons. The van der Waals surface area contributed by atoms with Crippen molar-refractivity contribution in [2.24, 2.45) is 12.8 Å². The second kappa shape index (κ2) is 5.29. The summed E-state index contributed by atoms with van der Waals surface area (Å²) in [5.41, 5.74) is 10.2. The van der Waals surface area contributed by atoms with Crippen LogP contribution in [0.4, 0.5) is 5.69 Å². The molecule has 2 heterocycles. The minimum absolute atomic E-state index is 0.0605. The number of anilines is 1. The Morgan fingerprint density at radius 2 is 2.10 bits per heavy atom. The molecule has 0 saturated carbocycles. The Labute approximate surface area is 120 Å². The fourth-order valence-corrected chi connectivity index (χ4v) is 3.21. The van der Waals surface area contributed by atoms with E-state index < -0.39 is 0 Å². The number of hydrogen-bond donors (Lipinski definition) is 1. The van der Waals surface area contributed by atoms with E-state index in [0.717, 1.165) is 13.0 Å². The van der Waals surface area contributed by atoms with Gasteiger partial charge in [0.25, 0.3) is 0 Å². The standard InChI is InChI=1S/C16H22N4/c1-12(17)16(14-10-18-19(2)11-14)20-9-5-7-13-6-3-4-8-15(13)20/h3-4,6,8,10-12,16H,5,7,9,17H2,1-2H3. The quantitative estimate of drug-likeness (QED) is 0.930. The first-order valence-corrected chi connectivity index (χ1v) is 7.25. The van der Waals surface area contributed by atoms with Crippen molar-refractivity contribution < 1.29 is 0 Å². The van der Waals surface area contributed by atoms with Crippen LogP contribution < -0.4 is 10.6 Å². The van der Waals surface area contributed by atoms with Gasteiger partial charge < -0.3 is 10.6 Å². The molecule has 3 rings (SSSR count). The molecule has 0 saturated heterocycles. The highest BCUT2D eigenvalue weighted by Crippen LogP contribution is 2.35. The van der Waals surface area contributed by atoms with Crippen LogP contribution >= 0.6 is 0 Å². The number of nitrogens with two attached hydrogens (primary N) is 1. The topological polar surface area (TPSA) is 47.1 Å². The highest BCUT2D eigenvalue weighted by molar-refractivity contribution is 5.57. The molecule has 1 aliphatic rings. The third kappa shape index (κ3) is 2.31. The molecule has 1 aliphatic heterocycles. The molecule has 1 aromatic heterocycles. The van der Waals surface area contributed by atoms with Gasteiger partial charge in [0.1, 0.15) is 0 Å². The van der Waals surface area contributed by atoms with E-state index in [2.05, 4.69) is 47.4 Å². The summed E-state index contributed by atoms with van der Waals surface area (Å²) in [6.45, 7) is 3.13. The summed E-state index contributed by atoms with van der Waals surface area (Å²) in [4.78, 5) is 2.44. The van der Waals surface area contributed by atoms with Gasteiger partial charge in [-0.1, -0.05) is 18.2 Å². The predicted molar refractivity (Wildman–Crippen MR) is 81.7 cm³/mol. The normalized spacial score (nSPS) is 17.6. The number of para-hydroxylation sites is 1. The van der Waals surface area contributed by atoms with E-state index in [9.17, 15) is 0 Å². The van der Waals surface area contributed by atoms with E-state index in [1.807, 2.05) is 17.9 Å². The highest BCUT2D eigenvalue weighted by Gasteiger charge is 2.28. The monoisotopic (exact) mass is 270 g/mol. The first-order chi connectivity index (χ1) is 9.66. The van der Waals surface area contributed by atoms with Crippen LogP contribution in [0.1, 0.15) is 30.5 Å². The maximum atomic E-state index is 6.29. The summed E-state index contributed by atoms with van der Waals surface area (Å²) in [7, 11) is 1.95. The van der Waals surface area contributed by atoms with Gasteiger partial charge in [-0.2, -0.15) is 5.10 Å². The molecule has 106 valence electrons. The molecule has 0 spiro atoms. The summed E-state index contributed by atoms with van der Waals surface area (Å²) in [5, 5.41) is 4.31. The smallest absolute Gasteiger partial charge is 0.0721 e. The molecule has 2 atom stereocenters. The number of aromatic nitrogens is 2. The highest BCUT2D eigenvalue weighted by atomic mass is 15.3. The maximum Gasteiger partial charge on any atom is 0.0721 e. The lowest BCUT2D eigenvalue weighted by molar-refractivity contribution is 0.510. The van der Waals surface area contributed by atoms with Crippen LogP contribution in [0.2, 0.25) is 0 Å². The lowest BCUT2D eigenvalue weighted by Gasteiger charge is -2.39. The molecular weight excluding hydrogens is 248 g/mol. The SMILES string of the molecule is CC(N)C(c1cnn(C)c1)N1CCCc2ccccc21. The maximum absolute atomic E-state index is 6.29. The Bertz CT molecular complexity index is 588. The van der Waals surface area contributed by atoms with Crippen LogP contribution in [0.25, 0.3) is 0 Å². The van der Waals surface area contributed by atoms with Gasteiger partial charge >= 0.3 is 0 Å². The fourth-order valence-electron chi connectivity index (χ4n) is 3.21. The molecule has 4 nitrogen and oxygen atoms in total. The Morgan fingerprint density at radius 3 is 2.80 bits per heavy atom. The molecule has 2 N–H and O–H groups in total. The average Bonchev–Trinajstić information content (AvgIpc) is 2.85. The van der Waals surface area contributed by atoms with E-state index in [1.165, 1.54) is 23.2 Å². The molecular formula is C16H22N4. The number of nitrogens with zero attached hydrogens (tertiary/aromatic N) is 3. The zero-order valence-corrected chi connectivity index (χ0v) is 12.2. The second-order valence-electron chi connectivity index (χ2n) is 5.68. The molecule has 0 fully saturated rings. The zero-order chi connectivity index (χ0) is 14.1. The summed E-state index contributed by atoms with van der Waals surface area (Å²) in [6, 6.07) is 8.91. The van der Waals surface area contributed by atoms with Gasteiger partial charge in [-0.25, -0.2) is 0 Å². The van der Waals surface area contributed by atoms with Gasteiger partial charge in [0.05, 0.1) is 12.2 Å². The van der Waals surface area contributed by atoms with Crippen molar-refractivity contribution in [3.63, 3.8) is 0 Å². The molecule has 0 bridgehead atoms. The number of hydrogen-bond acceptors (Lipinski definition) is 3. The van der Waals surface area contributed by atoms with Crippen molar-refractivity contribution in [3.8, 4) is 0 Å². The Balaban J connectivity index is 2.01. The van der Waals surface area contributed by atoms with Crippen LogP contribution in [0.3, 0.4) is 0 Å². The lowest BCUT2D eigenvalue weighted by Crippen LogP contribution is -2.42. The molecule has 2 unspecified atom stereocenters. The molecule has 2 aromatic rings. The van der Waals surface area contributed by atoms with E-state index in [-0.39, 0.29) is 12.1 Å². The summed E-state index contributed by atoms with van der Waals surface area (Å²) in [6.07, 6.45) is 6.35. The van der Waals surface area contributed by atoms with E-state index in [4.69, 9.17) is 5.73 Å². The zero-order valence-electron chi connectivity index (χ0n) is 12.2. The second-order valence-corrected chi connectivity index (χ2v) is 5.68. The van der Waals surface area contributed by atoms with Crippen molar-refractivity contribution in [1.29, 1.82) is 0 Å². The van der Waals surface area contributed by atoms with E-state index >= 15 is 0 Å². The Hall–Kier alpha value is -1.81. The number of rotatable bonds is 3. The van der Waals surface area contributed by atoms with Crippen LogP contribution in [-0.2, 0) is 13.5 Å². The molecule has 4 heteroatoms. The van der Waals surface area contributed by atoms with Crippen molar-refractivity contribution >= 4 is 5.69 Å². The predicted octanol–water partition coefficient (Wildman–Crippen LogP) is 2.26. The number of fused-ring (bicyclic) bond motifs is 1. The minimum atomic E-state index is 0.0605. The van der Waals surface area contributed by atoms with Crippen molar-refractivity contribution in [2.45, 2.75) is 31.8 Å². The molecule has 20 heavy (non-hydrogen) atoms. The number of aryl methyl sites for hydroxylation is 2. The van der Waals surface area contributed by atoms with Crippen LogP contribution in [-0.4, -0.2) is 22.4 Å². The van der Waals surface area contributed by atoms with Crippen molar-refractivity contribution in [2.75, 3.05) is 11.4 Å². The van der Waals surface area contributed by atoms with Gasteiger partial charge in [0.2, 0.25) is 0 Å². The summed E-state index contributed by atoms with van der Waals surface area (Å²) >= 11 is 0. The molecule has 1 aromatic carbocycles. The first-order valence-electron chi connectivity index (χ1n) is 7.25. The Morgan fingerprint density at radius 1 is 1.30 bits per heavy atom. The van der Waals surface area contributed by atoms with Crippen LogP contribution in [0, 0.1) is 0 Å². The van der Waals surface area contributed by atoms with Crippen molar-refractivity contribution in [1.82, 2.24) is 9.78 Å². The third-order valence-electron chi connectivity index (χ3n) is 4.05. The first kappa shape index (κ1) is 13.2. The van der Waals surface area contributed by atoms with E-state index in [0.29, 0.717) is 0 Å². The van der Waals surface area contributed by atoms with Gasteiger partial charge in [-0.15, -0.1) is 0 Å².